The largest absolute Gasteiger partial charge is 0.481 e. The topological polar surface area (TPSA) is 74.6 Å². The van der Waals surface area contributed by atoms with Crippen molar-refractivity contribution in [1.29, 1.82) is 0 Å². The molecule has 3 atom stereocenters. The van der Waals surface area contributed by atoms with Crippen molar-refractivity contribution in [2.75, 3.05) is 0 Å². The molecular formula is C10H14O4. The van der Waals surface area contributed by atoms with Crippen molar-refractivity contribution < 1.29 is 19.8 Å². The van der Waals surface area contributed by atoms with Crippen LogP contribution in [0.4, 0.5) is 0 Å². The van der Waals surface area contributed by atoms with Crippen molar-refractivity contribution in [1.82, 2.24) is 0 Å². The van der Waals surface area contributed by atoms with Gasteiger partial charge in [-0.15, -0.1) is 0 Å². The van der Waals surface area contributed by atoms with E-state index >= 15 is 0 Å². The Morgan fingerprint density at radius 3 is 2.36 bits per heavy atom. The number of carboxylic acids is 2. The van der Waals surface area contributed by atoms with E-state index in [9.17, 15) is 9.59 Å². The van der Waals surface area contributed by atoms with Gasteiger partial charge in [-0.05, 0) is 18.8 Å². The summed E-state index contributed by atoms with van der Waals surface area (Å²) in [6.45, 7) is 1.97. The van der Waals surface area contributed by atoms with Gasteiger partial charge in [-0.2, -0.15) is 0 Å². The van der Waals surface area contributed by atoms with Gasteiger partial charge >= 0.3 is 11.9 Å². The minimum absolute atomic E-state index is 0.201. The van der Waals surface area contributed by atoms with Crippen LogP contribution in [0, 0.1) is 17.8 Å². The highest BCUT2D eigenvalue weighted by Crippen LogP contribution is 2.30. The summed E-state index contributed by atoms with van der Waals surface area (Å²) in [5, 5.41) is 17.7. The third kappa shape index (κ3) is 2.13. The Hall–Kier alpha value is -1.32. The number of aliphatic carboxylic acids is 2. The first kappa shape index (κ1) is 10.8. The molecule has 1 aliphatic carbocycles. The van der Waals surface area contributed by atoms with Crippen LogP contribution < -0.4 is 0 Å². The molecule has 1 rings (SSSR count). The highest BCUT2D eigenvalue weighted by molar-refractivity contribution is 5.81. The molecule has 4 nitrogen and oxygen atoms in total. The lowest BCUT2D eigenvalue weighted by atomic mass is 9.78. The van der Waals surface area contributed by atoms with Gasteiger partial charge < -0.3 is 10.2 Å². The molecule has 2 N–H and O–H groups in total. The van der Waals surface area contributed by atoms with E-state index in [4.69, 9.17) is 10.2 Å². The van der Waals surface area contributed by atoms with Gasteiger partial charge in [0.05, 0.1) is 11.8 Å². The Labute approximate surface area is 82.2 Å². The van der Waals surface area contributed by atoms with Crippen molar-refractivity contribution in [3.8, 4) is 0 Å². The smallest absolute Gasteiger partial charge is 0.311 e. The third-order valence-electron chi connectivity index (χ3n) is 2.71. The van der Waals surface area contributed by atoms with Gasteiger partial charge in [-0.25, -0.2) is 0 Å². The summed E-state index contributed by atoms with van der Waals surface area (Å²) in [4.78, 5) is 21.6. The van der Waals surface area contributed by atoms with E-state index in [1.54, 1.807) is 0 Å². The summed E-state index contributed by atoms with van der Waals surface area (Å²) < 4.78 is 0. The third-order valence-corrected chi connectivity index (χ3v) is 2.71. The van der Waals surface area contributed by atoms with E-state index in [0.29, 0.717) is 6.42 Å². The number of hydrogen-bond donors (Lipinski definition) is 2. The normalized spacial score (nSPS) is 31.4. The van der Waals surface area contributed by atoms with E-state index in [2.05, 4.69) is 0 Å². The van der Waals surface area contributed by atoms with Gasteiger partial charge in [-0.1, -0.05) is 19.1 Å². The number of carboxylic acid groups (broad SMARTS) is 2. The fourth-order valence-electron chi connectivity index (χ4n) is 1.77. The zero-order valence-electron chi connectivity index (χ0n) is 8.01. The van der Waals surface area contributed by atoms with Crippen molar-refractivity contribution >= 4 is 11.9 Å². The van der Waals surface area contributed by atoms with Crippen molar-refractivity contribution in [2.45, 2.75) is 19.8 Å². The number of allylic oxidation sites excluding steroid dienone is 1. The zero-order chi connectivity index (χ0) is 10.7. The van der Waals surface area contributed by atoms with E-state index < -0.39 is 23.8 Å². The maximum absolute atomic E-state index is 10.8. The first-order chi connectivity index (χ1) is 6.56. The second-order valence-electron chi connectivity index (χ2n) is 3.60. The molecule has 0 saturated carbocycles. The quantitative estimate of drug-likeness (QED) is 0.672. The molecule has 0 aliphatic heterocycles. The Bertz CT molecular complexity index is 269. The van der Waals surface area contributed by atoms with Crippen LogP contribution in [-0.4, -0.2) is 22.2 Å². The molecule has 0 aromatic heterocycles. The van der Waals surface area contributed by atoms with E-state index in [0.717, 1.165) is 6.42 Å². The summed E-state index contributed by atoms with van der Waals surface area (Å²) in [6.07, 6.45) is 4.61. The van der Waals surface area contributed by atoms with Gasteiger partial charge in [-0.3, -0.25) is 9.59 Å². The SMILES string of the molecule is CCC1C=CC(C(=O)O)C(C(=O)O)C1. The van der Waals surface area contributed by atoms with Crippen molar-refractivity contribution in [3.63, 3.8) is 0 Å². The molecule has 0 aromatic carbocycles. The maximum Gasteiger partial charge on any atom is 0.311 e. The lowest BCUT2D eigenvalue weighted by Crippen LogP contribution is -2.32. The van der Waals surface area contributed by atoms with Crippen LogP contribution in [0.15, 0.2) is 12.2 Å². The fourth-order valence-corrected chi connectivity index (χ4v) is 1.77. The molecule has 1 aliphatic rings. The molecular weight excluding hydrogens is 184 g/mol. The highest BCUT2D eigenvalue weighted by Gasteiger charge is 2.35. The minimum atomic E-state index is -1.05. The molecule has 0 fully saturated rings. The molecule has 0 spiro atoms. The predicted molar refractivity (Wildman–Crippen MR) is 49.8 cm³/mol. The summed E-state index contributed by atoms with van der Waals surface area (Å²) in [5.41, 5.74) is 0. The molecule has 3 unspecified atom stereocenters. The zero-order valence-corrected chi connectivity index (χ0v) is 8.01. The highest BCUT2D eigenvalue weighted by atomic mass is 16.4. The molecule has 4 heteroatoms. The minimum Gasteiger partial charge on any atom is -0.481 e. The van der Waals surface area contributed by atoms with Gasteiger partial charge in [0.1, 0.15) is 0 Å². The summed E-state index contributed by atoms with van der Waals surface area (Å²) in [6, 6.07) is 0. The number of rotatable bonds is 3. The predicted octanol–water partition coefficient (Wildman–Crippen LogP) is 1.37. The molecule has 0 amide bonds. The van der Waals surface area contributed by atoms with Gasteiger partial charge in [0.15, 0.2) is 0 Å². The first-order valence-corrected chi connectivity index (χ1v) is 4.70. The summed E-state index contributed by atoms with van der Waals surface area (Å²) >= 11 is 0. The van der Waals surface area contributed by atoms with E-state index in [1.165, 1.54) is 6.08 Å². The fraction of sp³-hybridized carbons (Fsp3) is 0.600. The Morgan fingerprint density at radius 1 is 1.29 bits per heavy atom. The Morgan fingerprint density at radius 2 is 1.93 bits per heavy atom. The number of hydrogen-bond acceptors (Lipinski definition) is 2. The standard InChI is InChI=1S/C10H14O4/c1-2-6-3-4-7(9(11)12)8(5-6)10(13)14/h3-4,6-8H,2,5H2,1H3,(H,11,12)(H,13,14). The monoisotopic (exact) mass is 198 g/mol. The van der Waals surface area contributed by atoms with Crippen LogP contribution >= 0.6 is 0 Å². The molecule has 0 bridgehead atoms. The second-order valence-corrected chi connectivity index (χ2v) is 3.60. The molecule has 0 radical (unpaired) electrons. The van der Waals surface area contributed by atoms with Gasteiger partial charge in [0.2, 0.25) is 0 Å². The Balaban J connectivity index is 2.84. The molecule has 0 saturated heterocycles. The van der Waals surface area contributed by atoms with Gasteiger partial charge in [0, 0.05) is 0 Å². The van der Waals surface area contributed by atoms with Gasteiger partial charge in [0.25, 0.3) is 0 Å². The van der Waals surface area contributed by atoms with E-state index in [-0.39, 0.29) is 5.92 Å². The molecule has 0 heterocycles. The van der Waals surface area contributed by atoms with Crippen LogP contribution in [0.1, 0.15) is 19.8 Å². The van der Waals surface area contributed by atoms with Crippen LogP contribution in [0.3, 0.4) is 0 Å². The second kappa shape index (κ2) is 4.26. The Kier molecular flexibility index (Phi) is 3.28. The molecule has 14 heavy (non-hydrogen) atoms. The summed E-state index contributed by atoms with van der Waals surface area (Å²) in [7, 11) is 0. The maximum atomic E-state index is 10.8. The molecule has 78 valence electrons. The van der Waals surface area contributed by atoms with Crippen LogP contribution in [0.25, 0.3) is 0 Å². The van der Waals surface area contributed by atoms with Crippen molar-refractivity contribution in [2.24, 2.45) is 17.8 Å². The number of carbonyl (C=O) groups is 2. The molecule has 0 aromatic rings. The average molecular weight is 198 g/mol. The van der Waals surface area contributed by atoms with Crippen LogP contribution in [0.5, 0.6) is 0 Å². The lowest BCUT2D eigenvalue weighted by molar-refractivity contribution is -0.152. The van der Waals surface area contributed by atoms with Crippen molar-refractivity contribution in [3.05, 3.63) is 12.2 Å². The summed E-state index contributed by atoms with van der Waals surface area (Å²) in [5.74, 6) is -3.51. The van der Waals surface area contributed by atoms with Crippen LogP contribution in [0.2, 0.25) is 0 Å². The van der Waals surface area contributed by atoms with Crippen LogP contribution in [-0.2, 0) is 9.59 Å². The average Bonchev–Trinajstić information content (AvgIpc) is 2.16. The first-order valence-electron chi connectivity index (χ1n) is 4.70. The lowest BCUT2D eigenvalue weighted by Gasteiger charge is -2.25. The van der Waals surface area contributed by atoms with E-state index in [1.807, 2.05) is 13.0 Å².